The number of hydrogen-bond donors (Lipinski definition) is 2. The number of nitrogens with zero attached hydrogens (tertiary/aromatic N) is 2. The lowest BCUT2D eigenvalue weighted by molar-refractivity contribution is -0.122. The zero-order valence-corrected chi connectivity index (χ0v) is 14.3. The van der Waals surface area contributed by atoms with E-state index in [2.05, 4.69) is 31.6 Å². The first kappa shape index (κ1) is 16.2. The van der Waals surface area contributed by atoms with Crippen molar-refractivity contribution in [2.75, 3.05) is 13.1 Å². The SMILES string of the molecule is CC(NCC1CCCn2ccnc21)C(=O)NCCc1cccs1. The molecular formula is C17H24N4OS. The number of amides is 1. The van der Waals surface area contributed by atoms with Crippen LogP contribution in [0.5, 0.6) is 0 Å². The fourth-order valence-electron chi connectivity index (χ4n) is 3.03. The van der Waals surface area contributed by atoms with E-state index in [-0.39, 0.29) is 11.9 Å². The molecule has 1 aliphatic rings. The first-order valence-corrected chi connectivity index (χ1v) is 9.16. The van der Waals surface area contributed by atoms with Crippen LogP contribution in [0.2, 0.25) is 0 Å². The van der Waals surface area contributed by atoms with Crippen LogP contribution in [0.4, 0.5) is 0 Å². The predicted octanol–water partition coefficient (Wildman–Crippen LogP) is 2.16. The summed E-state index contributed by atoms with van der Waals surface area (Å²) in [6.45, 7) is 4.48. The Balaban J connectivity index is 1.41. The van der Waals surface area contributed by atoms with Gasteiger partial charge in [0.1, 0.15) is 5.82 Å². The second-order valence-corrected chi connectivity index (χ2v) is 7.10. The Morgan fingerprint density at radius 3 is 3.30 bits per heavy atom. The van der Waals surface area contributed by atoms with Gasteiger partial charge in [0.05, 0.1) is 6.04 Å². The lowest BCUT2D eigenvalue weighted by Crippen LogP contribution is -2.44. The fraction of sp³-hybridized carbons (Fsp3) is 0.529. The molecule has 2 N–H and O–H groups in total. The Hall–Kier alpha value is -1.66. The third kappa shape index (κ3) is 4.20. The Bertz CT molecular complexity index is 622. The molecule has 6 heteroatoms. The molecule has 124 valence electrons. The number of hydrogen-bond acceptors (Lipinski definition) is 4. The monoisotopic (exact) mass is 332 g/mol. The highest BCUT2D eigenvalue weighted by molar-refractivity contribution is 7.09. The van der Waals surface area contributed by atoms with Crippen LogP contribution in [-0.2, 0) is 17.8 Å². The molecule has 2 aromatic heterocycles. The number of aryl methyl sites for hydroxylation is 1. The average molecular weight is 332 g/mol. The number of carbonyl (C=O) groups excluding carboxylic acids is 1. The van der Waals surface area contributed by atoms with Crippen molar-refractivity contribution < 1.29 is 4.79 Å². The number of aromatic nitrogens is 2. The molecule has 1 amide bonds. The second kappa shape index (κ2) is 7.75. The van der Waals surface area contributed by atoms with Crippen LogP contribution in [0.3, 0.4) is 0 Å². The van der Waals surface area contributed by atoms with Crippen molar-refractivity contribution in [3.05, 3.63) is 40.6 Å². The van der Waals surface area contributed by atoms with E-state index in [1.807, 2.05) is 25.4 Å². The van der Waals surface area contributed by atoms with Gasteiger partial charge in [0.25, 0.3) is 0 Å². The minimum atomic E-state index is -0.177. The van der Waals surface area contributed by atoms with Crippen LogP contribution in [0, 0.1) is 0 Å². The van der Waals surface area contributed by atoms with Crippen LogP contribution in [0.25, 0.3) is 0 Å². The molecule has 23 heavy (non-hydrogen) atoms. The zero-order chi connectivity index (χ0) is 16.1. The fourth-order valence-corrected chi connectivity index (χ4v) is 3.74. The number of imidazole rings is 1. The van der Waals surface area contributed by atoms with Crippen molar-refractivity contribution in [2.24, 2.45) is 0 Å². The maximum absolute atomic E-state index is 12.1. The molecule has 0 fully saturated rings. The van der Waals surface area contributed by atoms with Gasteiger partial charge in [0.2, 0.25) is 5.91 Å². The van der Waals surface area contributed by atoms with Crippen molar-refractivity contribution in [1.29, 1.82) is 0 Å². The summed E-state index contributed by atoms with van der Waals surface area (Å²) in [5.74, 6) is 1.62. The average Bonchev–Trinajstić information content (AvgIpc) is 3.23. The lowest BCUT2D eigenvalue weighted by atomic mass is 9.98. The number of thiophene rings is 1. The third-order valence-corrected chi connectivity index (χ3v) is 5.32. The summed E-state index contributed by atoms with van der Waals surface area (Å²) in [5, 5.41) is 8.44. The molecule has 0 aliphatic carbocycles. The van der Waals surface area contributed by atoms with Gasteiger partial charge in [0.15, 0.2) is 0 Å². The highest BCUT2D eigenvalue weighted by Gasteiger charge is 2.22. The van der Waals surface area contributed by atoms with E-state index >= 15 is 0 Å². The van der Waals surface area contributed by atoms with Crippen molar-refractivity contribution in [2.45, 2.75) is 44.7 Å². The maximum atomic E-state index is 12.1. The van der Waals surface area contributed by atoms with E-state index in [9.17, 15) is 4.79 Å². The van der Waals surface area contributed by atoms with Gasteiger partial charge in [0, 0.05) is 42.8 Å². The molecule has 1 aliphatic heterocycles. The van der Waals surface area contributed by atoms with Crippen molar-refractivity contribution >= 4 is 17.2 Å². The van der Waals surface area contributed by atoms with Crippen molar-refractivity contribution in [1.82, 2.24) is 20.2 Å². The lowest BCUT2D eigenvalue weighted by Gasteiger charge is -2.25. The van der Waals surface area contributed by atoms with Gasteiger partial charge >= 0.3 is 0 Å². The topological polar surface area (TPSA) is 59.0 Å². The largest absolute Gasteiger partial charge is 0.354 e. The van der Waals surface area contributed by atoms with Gasteiger partial charge in [-0.1, -0.05) is 6.07 Å². The Morgan fingerprint density at radius 2 is 2.48 bits per heavy atom. The first-order valence-electron chi connectivity index (χ1n) is 8.28. The molecule has 0 aromatic carbocycles. The summed E-state index contributed by atoms with van der Waals surface area (Å²) in [6, 6.07) is 3.97. The second-order valence-electron chi connectivity index (χ2n) is 6.07. The Kier molecular flexibility index (Phi) is 5.46. The van der Waals surface area contributed by atoms with Gasteiger partial charge in [-0.25, -0.2) is 4.98 Å². The molecule has 0 saturated carbocycles. The van der Waals surface area contributed by atoms with Gasteiger partial charge in [-0.05, 0) is 37.6 Å². The van der Waals surface area contributed by atoms with Crippen LogP contribution in [0.1, 0.15) is 36.4 Å². The van der Waals surface area contributed by atoms with Gasteiger partial charge in [-0.2, -0.15) is 0 Å². The molecule has 2 unspecified atom stereocenters. The molecule has 2 atom stereocenters. The summed E-state index contributed by atoms with van der Waals surface area (Å²) >= 11 is 1.73. The third-order valence-electron chi connectivity index (χ3n) is 4.38. The Morgan fingerprint density at radius 1 is 1.57 bits per heavy atom. The van der Waals surface area contributed by atoms with E-state index in [0.29, 0.717) is 12.5 Å². The molecule has 0 saturated heterocycles. The minimum Gasteiger partial charge on any atom is -0.354 e. The quantitative estimate of drug-likeness (QED) is 0.817. The normalized spacial score (nSPS) is 18.4. The summed E-state index contributed by atoms with van der Waals surface area (Å²) in [5.41, 5.74) is 0. The van der Waals surface area contributed by atoms with E-state index in [1.54, 1.807) is 11.3 Å². The Labute approximate surface area is 141 Å². The first-order chi connectivity index (χ1) is 11.2. The molecule has 2 aromatic rings. The molecule has 0 bridgehead atoms. The summed E-state index contributed by atoms with van der Waals surface area (Å²) in [4.78, 5) is 17.9. The smallest absolute Gasteiger partial charge is 0.236 e. The van der Waals surface area contributed by atoms with Crippen LogP contribution in [-0.4, -0.2) is 34.6 Å². The summed E-state index contributed by atoms with van der Waals surface area (Å²) < 4.78 is 2.22. The standard InChI is InChI=1S/C17H24N4OS/c1-13(17(22)19-7-6-15-5-3-11-23-15)20-12-14-4-2-9-21-10-8-18-16(14)21/h3,5,8,10-11,13-14,20H,2,4,6-7,9,12H2,1H3,(H,19,22). The van der Waals surface area contributed by atoms with Crippen molar-refractivity contribution in [3.63, 3.8) is 0 Å². The van der Waals surface area contributed by atoms with Gasteiger partial charge < -0.3 is 15.2 Å². The summed E-state index contributed by atoms with van der Waals surface area (Å²) in [7, 11) is 0. The van der Waals surface area contributed by atoms with Gasteiger partial charge in [-0.15, -0.1) is 11.3 Å². The van der Waals surface area contributed by atoms with Crippen LogP contribution in [0.15, 0.2) is 29.9 Å². The molecular weight excluding hydrogens is 308 g/mol. The summed E-state index contributed by atoms with van der Waals surface area (Å²) in [6.07, 6.45) is 7.13. The van der Waals surface area contributed by atoms with Crippen LogP contribution >= 0.6 is 11.3 Å². The van der Waals surface area contributed by atoms with E-state index < -0.39 is 0 Å². The molecule has 0 spiro atoms. The van der Waals surface area contributed by atoms with Gasteiger partial charge in [-0.3, -0.25) is 4.79 Å². The zero-order valence-electron chi connectivity index (χ0n) is 13.5. The minimum absolute atomic E-state index is 0.0701. The number of carbonyl (C=O) groups is 1. The predicted molar refractivity (Wildman–Crippen MR) is 92.7 cm³/mol. The highest BCUT2D eigenvalue weighted by Crippen LogP contribution is 2.24. The van der Waals surface area contributed by atoms with E-state index in [0.717, 1.165) is 31.8 Å². The maximum Gasteiger partial charge on any atom is 0.236 e. The number of nitrogens with one attached hydrogen (secondary N) is 2. The van der Waals surface area contributed by atoms with E-state index in [1.165, 1.54) is 11.3 Å². The number of fused-ring (bicyclic) bond motifs is 1. The molecule has 0 radical (unpaired) electrons. The molecule has 5 nitrogen and oxygen atoms in total. The molecule has 3 heterocycles. The molecule has 3 rings (SSSR count). The van der Waals surface area contributed by atoms with E-state index in [4.69, 9.17) is 0 Å². The van der Waals surface area contributed by atoms with Crippen LogP contribution < -0.4 is 10.6 Å². The number of rotatable bonds is 7. The van der Waals surface area contributed by atoms with Crippen molar-refractivity contribution in [3.8, 4) is 0 Å². The highest BCUT2D eigenvalue weighted by atomic mass is 32.1.